The molecule has 1 aliphatic carbocycles. The molecule has 1 saturated carbocycles. The van der Waals surface area contributed by atoms with E-state index in [0.29, 0.717) is 24.7 Å². The summed E-state index contributed by atoms with van der Waals surface area (Å²) in [4.78, 5) is 18.1. The molecule has 1 aromatic rings. The zero-order valence-electron chi connectivity index (χ0n) is 11.0. The highest BCUT2D eigenvalue weighted by Crippen LogP contribution is 2.38. The number of nitrogens with one attached hydrogen (secondary N) is 1. The monoisotopic (exact) mass is 262 g/mol. The van der Waals surface area contributed by atoms with Gasteiger partial charge in [0.15, 0.2) is 5.82 Å². The predicted octanol–water partition coefficient (Wildman–Crippen LogP) is 0.476. The summed E-state index contributed by atoms with van der Waals surface area (Å²) >= 11 is 0. The molecule has 1 N–H and O–H groups in total. The van der Waals surface area contributed by atoms with Crippen LogP contribution in [0.2, 0.25) is 0 Å². The van der Waals surface area contributed by atoms with Gasteiger partial charge in [-0.15, -0.1) is 0 Å². The maximum absolute atomic E-state index is 12.0. The van der Waals surface area contributed by atoms with Gasteiger partial charge in [-0.1, -0.05) is 17.3 Å². The summed E-state index contributed by atoms with van der Waals surface area (Å²) in [5, 5.41) is 7.06. The molecule has 1 fully saturated rings. The van der Waals surface area contributed by atoms with Crippen LogP contribution in [0.4, 0.5) is 0 Å². The lowest BCUT2D eigenvalue weighted by atomic mass is 10.2. The third-order valence-corrected chi connectivity index (χ3v) is 3.51. The van der Waals surface area contributed by atoms with Gasteiger partial charge in [-0.2, -0.15) is 4.98 Å². The third-order valence-electron chi connectivity index (χ3n) is 3.51. The zero-order valence-corrected chi connectivity index (χ0v) is 11.0. The number of aromatic nitrogens is 2. The van der Waals surface area contributed by atoms with Crippen LogP contribution in [0.15, 0.2) is 16.7 Å². The van der Waals surface area contributed by atoms with Crippen molar-refractivity contribution in [3.05, 3.63) is 23.9 Å². The quantitative estimate of drug-likeness (QED) is 0.781. The van der Waals surface area contributed by atoms with Crippen LogP contribution in [0, 0.1) is 0 Å². The van der Waals surface area contributed by atoms with Crippen LogP contribution in [0.1, 0.15) is 30.5 Å². The number of carbonyl (C=O) groups excluding carboxylic acids is 1. The summed E-state index contributed by atoms with van der Waals surface area (Å²) in [5.74, 6) is 2.01. The van der Waals surface area contributed by atoms with Crippen molar-refractivity contribution in [3.8, 4) is 0 Å². The molecule has 1 aromatic heterocycles. The van der Waals surface area contributed by atoms with Crippen molar-refractivity contribution in [2.75, 3.05) is 20.1 Å². The van der Waals surface area contributed by atoms with Gasteiger partial charge in [0.2, 0.25) is 11.8 Å². The van der Waals surface area contributed by atoms with E-state index in [1.54, 1.807) is 11.9 Å². The maximum atomic E-state index is 12.0. The number of hydrogen-bond donors (Lipinski definition) is 1. The lowest BCUT2D eigenvalue weighted by molar-refractivity contribution is -0.130. The standard InChI is InChI=1S/C13H18N4O2/c1-17(13(18)10-3-2-7-14-10)8-6-11-15-12(19-16-11)9-4-5-9/h2-3,9-10,14H,4-8H2,1H3/t10-/m1/s1. The highest BCUT2D eigenvalue weighted by molar-refractivity contribution is 5.84. The molecule has 0 bridgehead atoms. The minimum Gasteiger partial charge on any atom is -0.344 e. The Morgan fingerprint density at radius 1 is 1.58 bits per heavy atom. The van der Waals surface area contributed by atoms with Crippen LogP contribution in [0.3, 0.4) is 0 Å². The summed E-state index contributed by atoms with van der Waals surface area (Å²) in [6.07, 6.45) is 6.81. The Hall–Kier alpha value is -1.69. The molecule has 19 heavy (non-hydrogen) atoms. The molecule has 0 radical (unpaired) electrons. The van der Waals surface area contributed by atoms with Crippen molar-refractivity contribution in [2.24, 2.45) is 0 Å². The molecule has 6 heteroatoms. The van der Waals surface area contributed by atoms with E-state index in [1.165, 1.54) is 0 Å². The fraction of sp³-hybridized carbons (Fsp3) is 0.615. The van der Waals surface area contributed by atoms with E-state index in [0.717, 1.165) is 25.3 Å². The minimum absolute atomic E-state index is 0.0830. The summed E-state index contributed by atoms with van der Waals surface area (Å²) < 4.78 is 5.19. The first-order valence-corrected chi connectivity index (χ1v) is 6.71. The lowest BCUT2D eigenvalue weighted by Crippen LogP contribution is -2.42. The molecule has 0 aromatic carbocycles. The van der Waals surface area contributed by atoms with Gasteiger partial charge in [-0.05, 0) is 12.8 Å². The SMILES string of the molecule is CN(CCc1noc(C2CC2)n1)C(=O)[C@H]1C=CCN1. The van der Waals surface area contributed by atoms with Gasteiger partial charge in [0.1, 0.15) is 6.04 Å². The van der Waals surface area contributed by atoms with E-state index in [2.05, 4.69) is 15.5 Å². The first-order chi connectivity index (χ1) is 9.24. The Balaban J connectivity index is 1.50. The largest absolute Gasteiger partial charge is 0.344 e. The second-order valence-electron chi connectivity index (χ2n) is 5.15. The summed E-state index contributed by atoms with van der Waals surface area (Å²) in [6, 6.07) is -0.183. The van der Waals surface area contributed by atoms with Crippen molar-refractivity contribution in [1.29, 1.82) is 0 Å². The smallest absolute Gasteiger partial charge is 0.243 e. The number of carbonyl (C=O) groups is 1. The first-order valence-electron chi connectivity index (χ1n) is 6.71. The van der Waals surface area contributed by atoms with E-state index in [9.17, 15) is 4.79 Å². The number of rotatable bonds is 5. The van der Waals surface area contributed by atoms with Gasteiger partial charge < -0.3 is 9.42 Å². The molecule has 0 spiro atoms. The highest BCUT2D eigenvalue weighted by atomic mass is 16.5. The predicted molar refractivity (Wildman–Crippen MR) is 68.5 cm³/mol. The zero-order chi connectivity index (χ0) is 13.2. The van der Waals surface area contributed by atoms with Crippen molar-refractivity contribution in [3.63, 3.8) is 0 Å². The van der Waals surface area contributed by atoms with E-state index in [1.807, 2.05) is 12.2 Å². The molecule has 3 rings (SSSR count). The molecular weight excluding hydrogens is 244 g/mol. The fourth-order valence-corrected chi connectivity index (χ4v) is 2.12. The number of likely N-dealkylation sites (N-methyl/N-ethyl adjacent to an activating group) is 1. The molecule has 0 unspecified atom stereocenters. The van der Waals surface area contributed by atoms with E-state index in [-0.39, 0.29) is 11.9 Å². The van der Waals surface area contributed by atoms with Gasteiger partial charge in [0.25, 0.3) is 0 Å². The van der Waals surface area contributed by atoms with Crippen molar-refractivity contribution in [1.82, 2.24) is 20.4 Å². The van der Waals surface area contributed by atoms with Crippen molar-refractivity contribution >= 4 is 5.91 Å². The van der Waals surface area contributed by atoms with Crippen LogP contribution < -0.4 is 5.32 Å². The Kier molecular flexibility index (Phi) is 3.33. The van der Waals surface area contributed by atoms with Gasteiger partial charge in [-0.25, -0.2) is 0 Å². The van der Waals surface area contributed by atoms with E-state index < -0.39 is 0 Å². The Morgan fingerprint density at radius 3 is 3.11 bits per heavy atom. The minimum atomic E-state index is -0.183. The number of hydrogen-bond acceptors (Lipinski definition) is 5. The van der Waals surface area contributed by atoms with E-state index in [4.69, 9.17) is 4.52 Å². The van der Waals surface area contributed by atoms with Gasteiger partial charge in [0.05, 0.1) is 0 Å². The maximum Gasteiger partial charge on any atom is 0.243 e. The molecule has 1 atom stereocenters. The lowest BCUT2D eigenvalue weighted by Gasteiger charge is -2.19. The highest BCUT2D eigenvalue weighted by Gasteiger charge is 2.29. The Morgan fingerprint density at radius 2 is 2.42 bits per heavy atom. The summed E-state index contributed by atoms with van der Waals surface area (Å²) in [6.45, 7) is 1.37. The van der Waals surface area contributed by atoms with Crippen LogP contribution in [0.25, 0.3) is 0 Å². The average Bonchev–Trinajstić information content (AvgIpc) is 2.96. The van der Waals surface area contributed by atoms with Crippen LogP contribution in [0.5, 0.6) is 0 Å². The Labute approximate surface area is 111 Å². The summed E-state index contributed by atoms with van der Waals surface area (Å²) in [7, 11) is 1.80. The molecule has 102 valence electrons. The molecule has 0 saturated heterocycles. The molecule has 2 aliphatic rings. The molecule has 6 nitrogen and oxygen atoms in total. The van der Waals surface area contributed by atoms with Gasteiger partial charge in [0, 0.05) is 32.5 Å². The average molecular weight is 262 g/mol. The molecule has 1 aliphatic heterocycles. The van der Waals surface area contributed by atoms with Gasteiger partial charge >= 0.3 is 0 Å². The van der Waals surface area contributed by atoms with Crippen LogP contribution in [-0.2, 0) is 11.2 Å². The second kappa shape index (κ2) is 5.13. The normalized spacial score (nSPS) is 21.8. The number of amides is 1. The Bertz CT molecular complexity index is 493. The second-order valence-corrected chi connectivity index (χ2v) is 5.15. The van der Waals surface area contributed by atoms with Crippen molar-refractivity contribution in [2.45, 2.75) is 31.2 Å². The molecule has 2 heterocycles. The molecule has 1 amide bonds. The summed E-state index contributed by atoms with van der Waals surface area (Å²) in [5.41, 5.74) is 0. The number of nitrogens with zero attached hydrogens (tertiary/aromatic N) is 3. The first kappa shape index (κ1) is 12.3. The fourth-order valence-electron chi connectivity index (χ4n) is 2.12. The van der Waals surface area contributed by atoms with Gasteiger partial charge in [-0.3, -0.25) is 10.1 Å². The topological polar surface area (TPSA) is 71.3 Å². The molecular formula is C13H18N4O2. The van der Waals surface area contributed by atoms with E-state index >= 15 is 0 Å². The van der Waals surface area contributed by atoms with Crippen LogP contribution >= 0.6 is 0 Å². The third kappa shape index (κ3) is 2.84. The van der Waals surface area contributed by atoms with Crippen LogP contribution in [-0.4, -0.2) is 47.1 Å². The van der Waals surface area contributed by atoms with Crippen molar-refractivity contribution < 1.29 is 9.32 Å².